The third kappa shape index (κ3) is 9.88. The van der Waals surface area contributed by atoms with Gasteiger partial charge >= 0.3 is 0 Å². The predicted octanol–water partition coefficient (Wildman–Crippen LogP) is 1.30. The van der Waals surface area contributed by atoms with E-state index in [-0.39, 0.29) is 0 Å². The molecule has 0 aliphatic heterocycles. The highest BCUT2D eigenvalue weighted by atomic mass is 16.5. The average Bonchev–Trinajstić information content (AvgIpc) is 2.03. The van der Waals surface area contributed by atoms with Crippen molar-refractivity contribution in [3.8, 4) is 0 Å². The van der Waals surface area contributed by atoms with E-state index >= 15 is 0 Å². The van der Waals surface area contributed by atoms with Crippen molar-refractivity contribution in [1.82, 2.24) is 5.48 Å². The Kier molecular flexibility index (Phi) is 9.77. The number of hydrogen-bond donors (Lipinski definition) is 3. The van der Waals surface area contributed by atoms with Crippen LogP contribution in [-0.4, -0.2) is 23.5 Å². The molecule has 0 unspecified atom stereocenters. The van der Waals surface area contributed by atoms with Gasteiger partial charge in [-0.1, -0.05) is 25.7 Å². The third-order valence-electron chi connectivity index (χ3n) is 1.70. The Labute approximate surface area is 68.4 Å². The first-order valence-electron chi connectivity index (χ1n) is 4.39. The molecule has 0 rings (SSSR count). The van der Waals surface area contributed by atoms with Crippen LogP contribution in [0.25, 0.3) is 0 Å². The van der Waals surface area contributed by atoms with Crippen LogP contribution in [0.4, 0.5) is 0 Å². The molecule has 3 N–H and O–H groups in total. The van der Waals surface area contributed by atoms with Crippen LogP contribution in [0, 0.1) is 0 Å². The summed E-state index contributed by atoms with van der Waals surface area (Å²) >= 11 is 0. The van der Waals surface area contributed by atoms with Crippen LogP contribution in [0.2, 0.25) is 0 Å². The van der Waals surface area contributed by atoms with Gasteiger partial charge in [0.05, 0.1) is 0 Å². The molecule has 0 fully saturated rings. The van der Waals surface area contributed by atoms with Gasteiger partial charge in [0.15, 0.2) is 0 Å². The van der Waals surface area contributed by atoms with E-state index in [9.17, 15) is 0 Å². The maximum atomic E-state index is 8.46. The molecule has 0 aromatic heterocycles. The molecule has 68 valence electrons. The smallest absolute Gasteiger partial charge is 0.0431 e. The van der Waals surface area contributed by atoms with Gasteiger partial charge in [-0.3, -0.25) is 0 Å². The molecule has 3 nitrogen and oxygen atoms in total. The Morgan fingerprint density at radius 3 is 1.91 bits per heavy atom. The highest BCUT2D eigenvalue weighted by Gasteiger charge is 1.89. The molecular weight excluding hydrogens is 142 g/mol. The summed E-state index contributed by atoms with van der Waals surface area (Å²) in [5.41, 5.74) is 2.13. The lowest BCUT2D eigenvalue weighted by Gasteiger charge is -1.99. The van der Waals surface area contributed by atoms with E-state index in [0.717, 1.165) is 19.3 Å². The van der Waals surface area contributed by atoms with Gasteiger partial charge in [-0.2, -0.15) is 0 Å². The first-order valence-corrected chi connectivity index (χ1v) is 4.39. The zero-order chi connectivity index (χ0) is 8.36. The number of hydrogen-bond acceptors (Lipinski definition) is 3. The van der Waals surface area contributed by atoms with E-state index < -0.39 is 0 Å². The van der Waals surface area contributed by atoms with Gasteiger partial charge in [0.2, 0.25) is 0 Å². The Balaban J connectivity index is 2.69. The van der Waals surface area contributed by atoms with E-state index in [4.69, 9.17) is 10.3 Å². The third-order valence-corrected chi connectivity index (χ3v) is 1.70. The minimum Gasteiger partial charge on any atom is -0.396 e. The summed E-state index contributed by atoms with van der Waals surface area (Å²) in [6, 6.07) is 0. The van der Waals surface area contributed by atoms with E-state index in [1.54, 1.807) is 0 Å². The minimum absolute atomic E-state index is 0.318. The highest BCUT2D eigenvalue weighted by molar-refractivity contribution is 4.45. The van der Waals surface area contributed by atoms with Gasteiger partial charge in [0.25, 0.3) is 0 Å². The largest absolute Gasteiger partial charge is 0.396 e. The zero-order valence-electron chi connectivity index (χ0n) is 7.05. The standard InChI is InChI=1S/C8H19NO2/c10-8-6-4-2-1-3-5-7-9-11/h9-11H,1-8H2. The van der Waals surface area contributed by atoms with Crippen LogP contribution >= 0.6 is 0 Å². The normalized spacial score (nSPS) is 10.4. The highest BCUT2D eigenvalue weighted by Crippen LogP contribution is 2.03. The topological polar surface area (TPSA) is 52.5 Å². The van der Waals surface area contributed by atoms with Crippen molar-refractivity contribution >= 4 is 0 Å². The van der Waals surface area contributed by atoms with Gasteiger partial charge in [-0.25, -0.2) is 5.48 Å². The molecule has 0 saturated heterocycles. The van der Waals surface area contributed by atoms with E-state index in [1.807, 2.05) is 0 Å². The Hall–Kier alpha value is -0.120. The SMILES string of the molecule is OCCCCCCCCNO. The fourth-order valence-electron chi connectivity index (χ4n) is 1.02. The summed E-state index contributed by atoms with van der Waals surface area (Å²) in [5.74, 6) is 0. The molecule has 0 radical (unpaired) electrons. The molecule has 0 aliphatic carbocycles. The van der Waals surface area contributed by atoms with Crippen molar-refractivity contribution in [2.45, 2.75) is 38.5 Å². The first kappa shape index (κ1) is 10.9. The minimum atomic E-state index is 0.318. The average molecular weight is 161 g/mol. The van der Waals surface area contributed by atoms with Gasteiger partial charge in [-0.15, -0.1) is 0 Å². The molecule has 0 amide bonds. The molecular formula is C8H19NO2. The summed E-state index contributed by atoms with van der Waals surface area (Å²) in [5, 5.41) is 16.7. The van der Waals surface area contributed by atoms with Crippen LogP contribution in [-0.2, 0) is 0 Å². The van der Waals surface area contributed by atoms with Crippen LogP contribution in [0.5, 0.6) is 0 Å². The van der Waals surface area contributed by atoms with E-state index in [0.29, 0.717) is 13.2 Å². The van der Waals surface area contributed by atoms with Crippen molar-refractivity contribution in [3.63, 3.8) is 0 Å². The van der Waals surface area contributed by atoms with Crippen LogP contribution < -0.4 is 5.48 Å². The maximum absolute atomic E-state index is 8.46. The van der Waals surface area contributed by atoms with Gasteiger partial charge in [0, 0.05) is 13.2 Å². The molecule has 0 saturated carbocycles. The van der Waals surface area contributed by atoms with Crippen molar-refractivity contribution in [2.24, 2.45) is 0 Å². The van der Waals surface area contributed by atoms with E-state index in [1.165, 1.54) is 19.3 Å². The van der Waals surface area contributed by atoms with Crippen molar-refractivity contribution < 1.29 is 10.3 Å². The lowest BCUT2D eigenvalue weighted by atomic mass is 10.1. The van der Waals surface area contributed by atoms with Gasteiger partial charge < -0.3 is 10.3 Å². The predicted molar refractivity (Wildman–Crippen MR) is 44.6 cm³/mol. The molecule has 0 spiro atoms. The molecule has 0 aromatic carbocycles. The Morgan fingerprint density at radius 2 is 1.36 bits per heavy atom. The number of nitrogens with one attached hydrogen (secondary N) is 1. The number of hydroxylamine groups is 1. The second-order valence-electron chi connectivity index (χ2n) is 2.75. The molecule has 0 atom stereocenters. The Bertz CT molecular complexity index is 61.1. The van der Waals surface area contributed by atoms with Crippen molar-refractivity contribution in [3.05, 3.63) is 0 Å². The monoisotopic (exact) mass is 161 g/mol. The molecule has 0 aliphatic rings. The lowest BCUT2D eigenvalue weighted by Crippen LogP contribution is -2.07. The summed E-state index contributed by atoms with van der Waals surface area (Å²) in [4.78, 5) is 0. The molecule has 3 heteroatoms. The second-order valence-corrected chi connectivity index (χ2v) is 2.75. The lowest BCUT2D eigenvalue weighted by molar-refractivity contribution is 0.164. The first-order chi connectivity index (χ1) is 5.41. The van der Waals surface area contributed by atoms with Crippen LogP contribution in [0.15, 0.2) is 0 Å². The number of aliphatic hydroxyl groups excluding tert-OH is 1. The second kappa shape index (κ2) is 9.88. The van der Waals surface area contributed by atoms with Gasteiger partial charge in [0.1, 0.15) is 0 Å². The summed E-state index contributed by atoms with van der Waals surface area (Å²) < 4.78 is 0. The van der Waals surface area contributed by atoms with Gasteiger partial charge in [-0.05, 0) is 12.8 Å². The zero-order valence-corrected chi connectivity index (χ0v) is 7.05. The van der Waals surface area contributed by atoms with Crippen LogP contribution in [0.1, 0.15) is 38.5 Å². The van der Waals surface area contributed by atoms with Crippen molar-refractivity contribution in [2.75, 3.05) is 13.2 Å². The number of rotatable bonds is 8. The van der Waals surface area contributed by atoms with E-state index in [2.05, 4.69) is 5.48 Å². The molecule has 0 bridgehead atoms. The summed E-state index contributed by atoms with van der Waals surface area (Å²) in [6.07, 6.45) is 6.67. The van der Waals surface area contributed by atoms with Crippen molar-refractivity contribution in [1.29, 1.82) is 0 Å². The number of aliphatic hydroxyl groups is 1. The maximum Gasteiger partial charge on any atom is 0.0431 e. The quantitative estimate of drug-likeness (QED) is 0.371. The summed E-state index contributed by atoms with van der Waals surface area (Å²) in [7, 11) is 0. The summed E-state index contributed by atoms with van der Waals surface area (Å²) in [6.45, 7) is 1.01. The number of unbranched alkanes of at least 4 members (excludes halogenated alkanes) is 5. The Morgan fingerprint density at radius 1 is 0.818 bits per heavy atom. The van der Waals surface area contributed by atoms with Crippen LogP contribution in [0.3, 0.4) is 0 Å². The fraction of sp³-hybridized carbons (Fsp3) is 1.00. The molecule has 0 heterocycles. The molecule has 0 aromatic rings. The fourth-order valence-corrected chi connectivity index (χ4v) is 1.02. The molecule has 11 heavy (non-hydrogen) atoms.